The van der Waals surface area contributed by atoms with Crippen molar-refractivity contribution in [3.05, 3.63) is 82.4 Å². The third kappa shape index (κ3) is 8.81. The van der Waals surface area contributed by atoms with Crippen LogP contribution >= 0.6 is 0 Å². The number of sulfone groups is 1. The van der Waals surface area contributed by atoms with E-state index in [2.05, 4.69) is 20.9 Å². The zero-order valence-electron chi connectivity index (χ0n) is 24.7. The van der Waals surface area contributed by atoms with E-state index in [1.165, 1.54) is 5.41 Å². The summed E-state index contributed by atoms with van der Waals surface area (Å²) in [6.45, 7) is 9.17. The van der Waals surface area contributed by atoms with Crippen molar-refractivity contribution >= 4 is 43.9 Å². The number of hydrogen-bond acceptors (Lipinski definition) is 8. The van der Waals surface area contributed by atoms with E-state index in [0.717, 1.165) is 21.9 Å². The fourth-order valence-corrected chi connectivity index (χ4v) is 5.24. The highest BCUT2D eigenvalue weighted by molar-refractivity contribution is 7.94. The van der Waals surface area contributed by atoms with E-state index in [1.807, 2.05) is 69.3 Å². The fourth-order valence-electron chi connectivity index (χ4n) is 4.38. The van der Waals surface area contributed by atoms with E-state index < -0.39 is 15.9 Å². The van der Waals surface area contributed by atoms with Crippen LogP contribution < -0.4 is 26.4 Å². The Morgan fingerprint density at radius 1 is 1.10 bits per heavy atom. The van der Waals surface area contributed by atoms with Crippen molar-refractivity contribution in [3.63, 3.8) is 0 Å². The highest BCUT2D eigenvalue weighted by Gasteiger charge is 2.23. The molecule has 0 spiro atoms. The van der Waals surface area contributed by atoms with Crippen LogP contribution in [0.1, 0.15) is 43.5 Å². The van der Waals surface area contributed by atoms with Crippen LogP contribution in [0.15, 0.2) is 65.7 Å². The number of carbonyl (C=O) groups is 2. The zero-order chi connectivity index (χ0) is 30.9. The predicted octanol–water partition coefficient (Wildman–Crippen LogP) is 4.11. The van der Waals surface area contributed by atoms with Crippen LogP contribution in [0.3, 0.4) is 0 Å². The molecule has 1 atom stereocenters. The number of allylic oxidation sites excluding steroid dienone is 1. The minimum atomic E-state index is -3.34. The molecule has 1 aromatic heterocycles. The summed E-state index contributed by atoms with van der Waals surface area (Å²) < 4.78 is 29.8. The zero-order valence-corrected chi connectivity index (χ0v) is 25.5. The molecule has 0 saturated heterocycles. The Hall–Kier alpha value is -4.38. The van der Waals surface area contributed by atoms with E-state index in [1.54, 1.807) is 20.0 Å². The molecule has 3 rings (SSSR count). The lowest BCUT2D eigenvalue weighted by atomic mass is 9.98. The quantitative estimate of drug-likeness (QED) is 0.216. The third-order valence-electron chi connectivity index (χ3n) is 6.51. The molecule has 3 aromatic rings. The molecule has 2 aromatic carbocycles. The van der Waals surface area contributed by atoms with Gasteiger partial charge in [0.25, 0.3) is 5.91 Å². The number of benzene rings is 2. The smallest absolute Gasteiger partial charge is 0.258 e. The first-order chi connectivity index (χ1) is 19.9. The second-order valence-corrected chi connectivity index (χ2v) is 12.1. The van der Waals surface area contributed by atoms with E-state index >= 15 is 0 Å². The number of nitrogens with one attached hydrogen (secondary N) is 3. The van der Waals surface area contributed by atoms with Gasteiger partial charge in [0, 0.05) is 35.8 Å². The molecule has 0 aliphatic heterocycles. The minimum Gasteiger partial charge on any atom is -0.483 e. The summed E-state index contributed by atoms with van der Waals surface area (Å²) in [5.41, 5.74) is 9.39. The number of carbonyl (C=O) groups excluding carboxylic acids is 2. The molecule has 42 heavy (non-hydrogen) atoms. The lowest BCUT2D eigenvalue weighted by Crippen LogP contribution is -2.34. The van der Waals surface area contributed by atoms with E-state index in [-0.39, 0.29) is 30.7 Å². The average molecular weight is 594 g/mol. The summed E-state index contributed by atoms with van der Waals surface area (Å²) in [5.74, 6) is 0.373. The van der Waals surface area contributed by atoms with Crippen LogP contribution in [0, 0.1) is 13.8 Å². The minimum absolute atomic E-state index is 0.0190. The van der Waals surface area contributed by atoms with Crippen LogP contribution in [-0.2, 0) is 19.4 Å². The number of aryl methyl sites for hydroxylation is 2. The van der Waals surface area contributed by atoms with Gasteiger partial charge in [-0.05, 0) is 91.7 Å². The summed E-state index contributed by atoms with van der Waals surface area (Å²) in [4.78, 5) is 29.8. The molecule has 0 aliphatic carbocycles. The maximum absolute atomic E-state index is 13.6. The van der Waals surface area contributed by atoms with Crippen LogP contribution in [-0.4, -0.2) is 50.7 Å². The number of anilines is 2. The number of aromatic nitrogens is 1. The van der Waals surface area contributed by atoms with Crippen LogP contribution in [0.5, 0.6) is 5.75 Å². The molecule has 0 aliphatic rings. The molecule has 1 heterocycles. The van der Waals surface area contributed by atoms with Crippen LogP contribution in [0.25, 0.3) is 10.8 Å². The van der Waals surface area contributed by atoms with Crippen LogP contribution in [0.2, 0.25) is 0 Å². The van der Waals surface area contributed by atoms with Crippen molar-refractivity contribution in [2.45, 2.75) is 40.7 Å². The fraction of sp³-hybridized carbons (Fsp3) is 0.323. The summed E-state index contributed by atoms with van der Waals surface area (Å²) >= 11 is 0. The van der Waals surface area contributed by atoms with Crippen molar-refractivity contribution in [3.8, 4) is 5.75 Å². The SMILES string of the molecule is C/C=C\CNC(=O)COc1c(C)cc(C(Nc2ccc3c(N)nccc3c2)C(=O)NC/C(C)=C/S(=O)(=O)CC)cc1C. The van der Waals surface area contributed by atoms with Crippen molar-refractivity contribution in [2.75, 3.05) is 36.5 Å². The number of nitrogens with zero attached hydrogens (tertiary/aromatic N) is 1. The van der Waals surface area contributed by atoms with Gasteiger partial charge in [0.05, 0.1) is 5.75 Å². The van der Waals surface area contributed by atoms with E-state index in [9.17, 15) is 18.0 Å². The molecule has 1 unspecified atom stereocenters. The van der Waals surface area contributed by atoms with Gasteiger partial charge in [-0.25, -0.2) is 13.4 Å². The molecule has 0 fully saturated rings. The number of amides is 2. The van der Waals surface area contributed by atoms with Gasteiger partial charge in [-0.1, -0.05) is 19.1 Å². The number of rotatable bonds is 13. The monoisotopic (exact) mass is 593 g/mol. The van der Waals surface area contributed by atoms with Gasteiger partial charge >= 0.3 is 0 Å². The molecule has 11 heteroatoms. The third-order valence-corrected chi connectivity index (χ3v) is 8.08. The normalized spacial score (nSPS) is 12.7. The van der Waals surface area contributed by atoms with Gasteiger partial charge in [0.15, 0.2) is 16.4 Å². The highest BCUT2D eigenvalue weighted by Crippen LogP contribution is 2.31. The molecule has 0 bridgehead atoms. The van der Waals surface area contributed by atoms with Crippen molar-refractivity contribution in [1.82, 2.24) is 15.6 Å². The van der Waals surface area contributed by atoms with Crippen LogP contribution in [0.4, 0.5) is 11.5 Å². The van der Waals surface area contributed by atoms with Crippen molar-refractivity contribution < 1.29 is 22.7 Å². The van der Waals surface area contributed by atoms with E-state index in [0.29, 0.717) is 34.9 Å². The molecule has 224 valence electrons. The number of fused-ring (bicyclic) bond motifs is 1. The second-order valence-electron chi connectivity index (χ2n) is 9.99. The lowest BCUT2D eigenvalue weighted by molar-refractivity contribution is -0.123. The number of pyridine rings is 1. The Morgan fingerprint density at radius 2 is 1.81 bits per heavy atom. The summed E-state index contributed by atoms with van der Waals surface area (Å²) in [6.07, 6.45) is 5.31. The Kier molecular flexibility index (Phi) is 11.1. The first kappa shape index (κ1) is 32.1. The average Bonchev–Trinajstić information content (AvgIpc) is 2.94. The molecule has 0 saturated carbocycles. The first-order valence-electron chi connectivity index (χ1n) is 13.6. The molecule has 2 amide bonds. The predicted molar refractivity (Wildman–Crippen MR) is 168 cm³/mol. The summed E-state index contributed by atoms with van der Waals surface area (Å²) in [6, 6.07) is 10.2. The molecule has 0 radical (unpaired) electrons. The van der Waals surface area contributed by atoms with Crippen molar-refractivity contribution in [2.24, 2.45) is 0 Å². The summed E-state index contributed by atoms with van der Waals surface area (Å²) in [5, 5.41) is 11.8. The number of nitrogens with two attached hydrogens (primary N) is 1. The van der Waals surface area contributed by atoms with Crippen molar-refractivity contribution in [1.29, 1.82) is 0 Å². The van der Waals surface area contributed by atoms with Gasteiger partial charge in [0.2, 0.25) is 5.91 Å². The van der Waals surface area contributed by atoms with Gasteiger partial charge in [-0.2, -0.15) is 0 Å². The first-order valence-corrected chi connectivity index (χ1v) is 15.4. The standard InChI is InChI=1S/C31H39N5O5S/c1-6-8-12-33-27(37)18-41-29-21(4)14-24(15-22(29)5)28(31(38)35-17-20(3)19-42(39,40)7-2)36-25-9-10-26-23(16-25)11-13-34-30(26)32/h6,8-11,13-16,19,28,36H,7,12,17-18H2,1-5H3,(H2,32,34)(H,33,37)(H,35,38)/b8-6-,20-19+. The molecular formula is C31H39N5O5S. The maximum atomic E-state index is 13.6. The largest absolute Gasteiger partial charge is 0.483 e. The Balaban J connectivity index is 1.90. The Bertz CT molecular complexity index is 1590. The van der Waals surface area contributed by atoms with Gasteiger partial charge in [-0.3, -0.25) is 9.59 Å². The van der Waals surface area contributed by atoms with Gasteiger partial charge < -0.3 is 26.4 Å². The second kappa shape index (κ2) is 14.5. The Labute approximate surface area is 247 Å². The highest BCUT2D eigenvalue weighted by atomic mass is 32.2. The van der Waals surface area contributed by atoms with E-state index in [4.69, 9.17) is 10.5 Å². The topological polar surface area (TPSA) is 153 Å². The van der Waals surface area contributed by atoms with Gasteiger partial charge in [-0.15, -0.1) is 0 Å². The molecule has 10 nitrogen and oxygen atoms in total. The maximum Gasteiger partial charge on any atom is 0.258 e. The summed E-state index contributed by atoms with van der Waals surface area (Å²) in [7, 11) is -3.34. The lowest BCUT2D eigenvalue weighted by Gasteiger charge is -2.23. The number of hydrogen-bond donors (Lipinski definition) is 4. The molecule has 5 N–H and O–H groups in total. The number of nitrogen functional groups attached to an aromatic ring is 1. The Morgan fingerprint density at radius 3 is 2.48 bits per heavy atom. The van der Waals surface area contributed by atoms with Gasteiger partial charge in [0.1, 0.15) is 17.6 Å². The molecular weight excluding hydrogens is 554 g/mol. The number of ether oxygens (including phenoxy) is 1.